The third kappa shape index (κ3) is 4.77. The van der Waals surface area contributed by atoms with Crippen molar-refractivity contribution in [2.24, 2.45) is 0 Å². The van der Waals surface area contributed by atoms with Gasteiger partial charge < -0.3 is 9.26 Å². The monoisotopic (exact) mass is 469 g/mol. The lowest BCUT2D eigenvalue weighted by atomic mass is 10.1. The van der Waals surface area contributed by atoms with Gasteiger partial charge in [-0.3, -0.25) is 4.90 Å². The zero-order valence-corrected chi connectivity index (χ0v) is 17.5. The van der Waals surface area contributed by atoms with Crippen molar-refractivity contribution in [1.82, 2.24) is 20.1 Å². The van der Waals surface area contributed by atoms with E-state index in [9.17, 15) is 13.2 Å². The van der Waals surface area contributed by atoms with Crippen LogP contribution in [-0.4, -0.2) is 26.5 Å². The van der Waals surface area contributed by atoms with E-state index in [1.165, 1.54) is 35.6 Å². The Hall–Kier alpha value is -3.99. The van der Waals surface area contributed by atoms with Gasteiger partial charge in [0.15, 0.2) is 10.9 Å². The maximum Gasteiger partial charge on any atom is 0.573 e. The van der Waals surface area contributed by atoms with Gasteiger partial charge in [0, 0.05) is 24.0 Å². The molecule has 0 unspecified atom stereocenters. The summed E-state index contributed by atoms with van der Waals surface area (Å²) >= 11 is 1.50. The van der Waals surface area contributed by atoms with Gasteiger partial charge in [-0.25, -0.2) is 15.0 Å². The molecular formula is C22H14F3N5O2S. The first-order chi connectivity index (χ1) is 15.9. The van der Waals surface area contributed by atoms with Crippen molar-refractivity contribution in [3.8, 4) is 17.0 Å². The number of nitrogens with zero attached hydrogens (tertiary/aromatic N) is 5. The molecule has 0 atom stereocenters. The van der Waals surface area contributed by atoms with Crippen LogP contribution in [0.4, 0.5) is 24.3 Å². The molecule has 0 aliphatic rings. The molecule has 0 spiro atoms. The molecule has 0 aliphatic heterocycles. The zero-order chi connectivity index (χ0) is 22.8. The molecule has 166 valence electrons. The molecule has 0 amide bonds. The second-order valence-corrected chi connectivity index (χ2v) is 7.86. The van der Waals surface area contributed by atoms with Gasteiger partial charge in [-0.15, -0.1) is 13.2 Å². The summed E-state index contributed by atoms with van der Waals surface area (Å²) < 4.78 is 47.5. The number of anilines is 2. The number of rotatable bonds is 6. The van der Waals surface area contributed by atoms with Crippen molar-refractivity contribution in [2.75, 3.05) is 4.90 Å². The van der Waals surface area contributed by atoms with Crippen molar-refractivity contribution in [2.45, 2.75) is 12.9 Å². The lowest BCUT2D eigenvalue weighted by Crippen LogP contribution is -2.18. The fourth-order valence-electron chi connectivity index (χ4n) is 3.14. The van der Waals surface area contributed by atoms with Crippen LogP contribution in [0, 0.1) is 0 Å². The molecule has 0 saturated carbocycles. The van der Waals surface area contributed by atoms with Gasteiger partial charge in [0.05, 0.1) is 16.8 Å². The minimum atomic E-state index is -4.74. The Kier molecular flexibility index (Phi) is 5.38. The molecule has 3 heterocycles. The summed E-state index contributed by atoms with van der Waals surface area (Å²) in [5, 5.41) is 4.74. The summed E-state index contributed by atoms with van der Waals surface area (Å²) in [6.07, 6.45) is -1.47. The molecule has 0 fully saturated rings. The van der Waals surface area contributed by atoms with Gasteiger partial charge in [-0.1, -0.05) is 28.6 Å². The first kappa shape index (κ1) is 20.9. The molecule has 5 aromatic rings. The van der Waals surface area contributed by atoms with E-state index in [4.69, 9.17) is 4.52 Å². The van der Waals surface area contributed by atoms with E-state index < -0.39 is 6.36 Å². The van der Waals surface area contributed by atoms with E-state index in [0.717, 1.165) is 10.2 Å². The minimum Gasteiger partial charge on any atom is -0.406 e. The van der Waals surface area contributed by atoms with Gasteiger partial charge in [-0.2, -0.15) is 0 Å². The number of aromatic nitrogens is 4. The third-order valence-electron chi connectivity index (χ3n) is 4.56. The second-order valence-electron chi connectivity index (χ2n) is 6.85. The Morgan fingerprint density at radius 3 is 2.45 bits per heavy atom. The normalized spacial score (nSPS) is 11.6. The van der Waals surface area contributed by atoms with Crippen LogP contribution in [0.5, 0.6) is 5.75 Å². The SMILES string of the molecule is FC(F)(F)Oc1ccc(-c2cc(CN(c3ncccn3)c3nc4ccccc4s3)on2)cc1. The summed E-state index contributed by atoms with van der Waals surface area (Å²) in [6.45, 7) is 0.256. The van der Waals surface area contributed by atoms with Crippen LogP contribution >= 0.6 is 11.3 Å². The molecule has 0 aliphatic carbocycles. The van der Waals surface area contributed by atoms with Crippen LogP contribution in [-0.2, 0) is 6.54 Å². The van der Waals surface area contributed by atoms with E-state index in [1.807, 2.05) is 29.2 Å². The average molecular weight is 469 g/mol. The fourth-order valence-corrected chi connectivity index (χ4v) is 4.10. The Balaban J connectivity index is 1.41. The Labute approximate surface area is 189 Å². The van der Waals surface area contributed by atoms with Crippen LogP contribution in [0.3, 0.4) is 0 Å². The molecule has 5 rings (SSSR count). The summed E-state index contributed by atoms with van der Waals surface area (Å²) in [5.41, 5.74) is 1.92. The maximum atomic E-state index is 12.4. The molecule has 3 aromatic heterocycles. The van der Waals surface area contributed by atoms with E-state index >= 15 is 0 Å². The van der Waals surface area contributed by atoms with Gasteiger partial charge in [-0.05, 0) is 42.5 Å². The number of hydrogen-bond acceptors (Lipinski definition) is 8. The smallest absolute Gasteiger partial charge is 0.406 e. The number of ether oxygens (including phenoxy) is 1. The first-order valence-corrected chi connectivity index (χ1v) is 10.5. The Morgan fingerprint density at radius 2 is 1.73 bits per heavy atom. The predicted molar refractivity (Wildman–Crippen MR) is 116 cm³/mol. The van der Waals surface area contributed by atoms with Crippen molar-refractivity contribution in [1.29, 1.82) is 0 Å². The summed E-state index contributed by atoms with van der Waals surface area (Å²) in [6, 6.07) is 16.6. The summed E-state index contributed by atoms with van der Waals surface area (Å²) in [7, 11) is 0. The van der Waals surface area contributed by atoms with Crippen LogP contribution in [0.1, 0.15) is 5.76 Å². The van der Waals surface area contributed by atoms with Crippen molar-refractivity contribution in [3.05, 3.63) is 78.8 Å². The molecule has 11 heteroatoms. The van der Waals surface area contributed by atoms with Gasteiger partial charge in [0.2, 0.25) is 5.95 Å². The highest BCUT2D eigenvalue weighted by Crippen LogP contribution is 2.33. The highest BCUT2D eigenvalue weighted by molar-refractivity contribution is 7.22. The van der Waals surface area contributed by atoms with Crippen LogP contribution < -0.4 is 9.64 Å². The van der Waals surface area contributed by atoms with Crippen LogP contribution in [0.2, 0.25) is 0 Å². The topological polar surface area (TPSA) is 77.2 Å². The summed E-state index contributed by atoms with van der Waals surface area (Å²) in [5.74, 6) is 0.647. The molecular weight excluding hydrogens is 455 g/mol. The number of para-hydroxylation sites is 1. The highest BCUT2D eigenvalue weighted by atomic mass is 32.1. The van der Waals surface area contributed by atoms with E-state index in [0.29, 0.717) is 28.1 Å². The lowest BCUT2D eigenvalue weighted by Gasteiger charge is -2.17. The number of benzene rings is 2. The second kappa shape index (κ2) is 8.51. The predicted octanol–water partition coefficient (Wildman–Crippen LogP) is 5.98. The molecule has 33 heavy (non-hydrogen) atoms. The first-order valence-electron chi connectivity index (χ1n) is 9.66. The van der Waals surface area contributed by atoms with Crippen molar-refractivity contribution in [3.63, 3.8) is 0 Å². The van der Waals surface area contributed by atoms with Gasteiger partial charge >= 0.3 is 6.36 Å². The number of alkyl halides is 3. The fraction of sp³-hybridized carbons (Fsp3) is 0.0909. The Bertz CT molecular complexity index is 1340. The quantitative estimate of drug-likeness (QED) is 0.303. The van der Waals surface area contributed by atoms with Gasteiger partial charge in [0.25, 0.3) is 0 Å². The molecule has 0 saturated heterocycles. The molecule has 0 bridgehead atoms. The maximum absolute atomic E-state index is 12.4. The molecule has 0 N–H and O–H groups in total. The largest absolute Gasteiger partial charge is 0.573 e. The standard InChI is InChI=1S/C22H14F3N5O2S/c23-22(24,25)31-15-8-6-14(7-9-15)18-12-16(32-29-18)13-30(20-26-10-3-11-27-20)21-28-17-4-1-2-5-19(17)33-21/h1-12H,13H2. The summed E-state index contributed by atoms with van der Waals surface area (Å²) in [4.78, 5) is 15.2. The zero-order valence-electron chi connectivity index (χ0n) is 16.7. The van der Waals surface area contributed by atoms with Crippen LogP contribution in [0.25, 0.3) is 21.5 Å². The molecule has 7 nitrogen and oxygen atoms in total. The van der Waals surface area contributed by atoms with Crippen molar-refractivity contribution < 1.29 is 22.4 Å². The number of halogens is 3. The Morgan fingerprint density at radius 1 is 0.970 bits per heavy atom. The van der Waals surface area contributed by atoms with E-state index in [2.05, 4.69) is 24.8 Å². The van der Waals surface area contributed by atoms with Crippen molar-refractivity contribution >= 4 is 32.6 Å². The minimum absolute atomic E-state index is 0.256. The van der Waals surface area contributed by atoms with E-state index in [1.54, 1.807) is 24.5 Å². The highest BCUT2D eigenvalue weighted by Gasteiger charge is 2.31. The van der Waals surface area contributed by atoms with E-state index in [-0.39, 0.29) is 12.3 Å². The third-order valence-corrected chi connectivity index (χ3v) is 5.62. The number of thiazole rings is 1. The van der Waals surface area contributed by atoms with Gasteiger partial charge in [0.1, 0.15) is 11.4 Å². The van der Waals surface area contributed by atoms with Crippen LogP contribution in [0.15, 0.2) is 77.6 Å². The molecule has 2 aromatic carbocycles. The average Bonchev–Trinajstić information content (AvgIpc) is 3.44. The number of fused-ring (bicyclic) bond motifs is 1. The lowest BCUT2D eigenvalue weighted by molar-refractivity contribution is -0.274. The number of hydrogen-bond donors (Lipinski definition) is 0. The molecule has 0 radical (unpaired) electrons.